The number of aromatic amines is 1. The van der Waals surface area contributed by atoms with Gasteiger partial charge in [0, 0.05) is 37.7 Å². The lowest BCUT2D eigenvalue weighted by atomic mass is 10.1. The maximum Gasteiger partial charge on any atom is 0.254 e. The summed E-state index contributed by atoms with van der Waals surface area (Å²) >= 11 is 0. The molecule has 0 bridgehead atoms. The normalized spacial score (nSPS) is 10.3. The molecule has 6 heteroatoms. The minimum absolute atomic E-state index is 0.0463. The molecular formula is C14H19N5O. The fourth-order valence-electron chi connectivity index (χ4n) is 1.92. The van der Waals surface area contributed by atoms with Crippen molar-refractivity contribution in [2.75, 3.05) is 19.4 Å². The zero-order chi connectivity index (χ0) is 14.5. The number of carbonyl (C=O) groups is 1. The van der Waals surface area contributed by atoms with E-state index >= 15 is 0 Å². The Morgan fingerprint density at radius 1 is 1.45 bits per heavy atom. The van der Waals surface area contributed by atoms with Crippen LogP contribution in [0.1, 0.15) is 28.8 Å². The zero-order valence-electron chi connectivity index (χ0n) is 12.0. The lowest BCUT2D eigenvalue weighted by Gasteiger charge is -2.16. The molecule has 0 aromatic carbocycles. The second kappa shape index (κ2) is 6.18. The van der Waals surface area contributed by atoms with Crippen LogP contribution in [0.5, 0.6) is 0 Å². The number of imidazole rings is 1. The number of anilines is 1. The highest BCUT2D eigenvalue weighted by Gasteiger charge is 2.15. The van der Waals surface area contributed by atoms with Crippen molar-refractivity contribution in [3.8, 4) is 0 Å². The molecule has 106 valence electrons. The van der Waals surface area contributed by atoms with Crippen LogP contribution in [-0.4, -0.2) is 39.9 Å². The quantitative estimate of drug-likeness (QED) is 0.869. The van der Waals surface area contributed by atoms with Gasteiger partial charge in [0.2, 0.25) is 0 Å². The largest absolute Gasteiger partial charge is 0.373 e. The monoisotopic (exact) mass is 273 g/mol. The number of carbonyl (C=O) groups excluding carboxylic acids is 1. The summed E-state index contributed by atoms with van der Waals surface area (Å²) in [5, 5.41) is 2.98. The van der Waals surface area contributed by atoms with E-state index in [0.717, 1.165) is 17.9 Å². The molecule has 6 nitrogen and oxygen atoms in total. The first kappa shape index (κ1) is 14.0. The van der Waals surface area contributed by atoms with Gasteiger partial charge >= 0.3 is 0 Å². The lowest BCUT2D eigenvalue weighted by Crippen LogP contribution is -2.27. The van der Waals surface area contributed by atoms with Crippen LogP contribution in [0.3, 0.4) is 0 Å². The number of nitrogens with zero attached hydrogens (tertiary/aromatic N) is 3. The minimum Gasteiger partial charge on any atom is -0.373 e. The molecule has 20 heavy (non-hydrogen) atoms. The smallest absolute Gasteiger partial charge is 0.254 e. The van der Waals surface area contributed by atoms with Crippen LogP contribution in [0, 0.1) is 0 Å². The second-order valence-electron chi connectivity index (χ2n) is 4.53. The first-order chi connectivity index (χ1) is 9.63. The van der Waals surface area contributed by atoms with Gasteiger partial charge in [-0.1, -0.05) is 6.92 Å². The Hall–Kier alpha value is -2.37. The van der Waals surface area contributed by atoms with Crippen LogP contribution in [0.4, 0.5) is 5.82 Å². The molecular weight excluding hydrogens is 254 g/mol. The molecule has 0 atom stereocenters. The molecule has 0 unspecified atom stereocenters. The Morgan fingerprint density at radius 2 is 2.25 bits per heavy atom. The maximum absolute atomic E-state index is 12.4. The fraction of sp³-hybridized carbons (Fsp3) is 0.357. The van der Waals surface area contributed by atoms with Gasteiger partial charge in [0.25, 0.3) is 5.91 Å². The Labute approximate surface area is 118 Å². The van der Waals surface area contributed by atoms with Gasteiger partial charge in [0.05, 0.1) is 6.54 Å². The molecule has 1 amide bonds. The molecule has 0 aliphatic heterocycles. The van der Waals surface area contributed by atoms with E-state index in [0.29, 0.717) is 17.9 Å². The van der Waals surface area contributed by atoms with Crippen LogP contribution in [0.2, 0.25) is 0 Å². The number of aryl methyl sites for hydroxylation is 1. The van der Waals surface area contributed by atoms with E-state index in [1.54, 1.807) is 37.5 Å². The van der Waals surface area contributed by atoms with Crippen molar-refractivity contribution in [2.45, 2.75) is 19.9 Å². The molecule has 0 aliphatic rings. The Balaban J connectivity index is 2.19. The number of hydrogen-bond acceptors (Lipinski definition) is 4. The number of pyridine rings is 1. The average Bonchev–Trinajstić information content (AvgIpc) is 2.98. The van der Waals surface area contributed by atoms with E-state index < -0.39 is 0 Å². The summed E-state index contributed by atoms with van der Waals surface area (Å²) in [5.41, 5.74) is 1.53. The number of aromatic nitrogens is 3. The number of H-pyrrole nitrogens is 1. The van der Waals surface area contributed by atoms with Gasteiger partial charge in [0.1, 0.15) is 11.6 Å². The zero-order valence-corrected chi connectivity index (χ0v) is 12.0. The van der Waals surface area contributed by atoms with Gasteiger partial charge in [-0.15, -0.1) is 0 Å². The topological polar surface area (TPSA) is 73.9 Å². The van der Waals surface area contributed by atoms with Crippen molar-refractivity contribution in [3.05, 3.63) is 41.6 Å². The van der Waals surface area contributed by atoms with Crippen LogP contribution in [0.25, 0.3) is 0 Å². The highest BCUT2D eigenvalue weighted by molar-refractivity contribution is 5.94. The third kappa shape index (κ3) is 3.14. The minimum atomic E-state index is -0.0463. The highest BCUT2D eigenvalue weighted by atomic mass is 16.2. The predicted octanol–water partition coefficient (Wildman–Crippen LogP) is 1.68. The van der Waals surface area contributed by atoms with Gasteiger partial charge < -0.3 is 15.2 Å². The van der Waals surface area contributed by atoms with Crippen molar-refractivity contribution >= 4 is 11.7 Å². The molecule has 2 heterocycles. The van der Waals surface area contributed by atoms with Crippen molar-refractivity contribution in [1.82, 2.24) is 19.9 Å². The summed E-state index contributed by atoms with van der Waals surface area (Å²) in [6.07, 6.45) is 4.21. The standard InChI is InChI=1S/C14H19N5O/c1-4-11-7-10(8-12(15-2)18-11)14(20)19(3)9-13-16-5-6-17-13/h5-8H,4,9H2,1-3H3,(H,15,18)(H,16,17). The third-order valence-electron chi connectivity index (χ3n) is 3.03. The summed E-state index contributed by atoms with van der Waals surface area (Å²) in [6.45, 7) is 2.47. The molecule has 2 aromatic rings. The first-order valence-electron chi connectivity index (χ1n) is 6.56. The Kier molecular flexibility index (Phi) is 4.34. The Morgan fingerprint density at radius 3 is 2.85 bits per heavy atom. The molecule has 0 saturated carbocycles. The average molecular weight is 273 g/mol. The fourth-order valence-corrected chi connectivity index (χ4v) is 1.92. The van der Waals surface area contributed by atoms with Crippen molar-refractivity contribution < 1.29 is 4.79 Å². The molecule has 0 radical (unpaired) electrons. The first-order valence-corrected chi connectivity index (χ1v) is 6.56. The van der Waals surface area contributed by atoms with E-state index in [2.05, 4.69) is 20.3 Å². The summed E-state index contributed by atoms with van der Waals surface area (Å²) in [6, 6.07) is 3.60. The van der Waals surface area contributed by atoms with Crippen molar-refractivity contribution in [2.24, 2.45) is 0 Å². The van der Waals surface area contributed by atoms with Crippen molar-refractivity contribution in [3.63, 3.8) is 0 Å². The van der Waals surface area contributed by atoms with E-state index in [9.17, 15) is 4.79 Å². The molecule has 0 saturated heterocycles. The summed E-state index contributed by atoms with van der Waals surface area (Å²) < 4.78 is 0. The molecule has 2 rings (SSSR count). The van der Waals surface area contributed by atoms with Crippen LogP contribution < -0.4 is 5.32 Å². The van der Waals surface area contributed by atoms with Crippen LogP contribution in [0.15, 0.2) is 24.5 Å². The third-order valence-corrected chi connectivity index (χ3v) is 3.03. The molecule has 2 aromatic heterocycles. The highest BCUT2D eigenvalue weighted by Crippen LogP contribution is 2.13. The van der Waals surface area contributed by atoms with Gasteiger partial charge in [-0.05, 0) is 18.6 Å². The number of hydrogen-bond donors (Lipinski definition) is 2. The molecule has 0 fully saturated rings. The van der Waals surface area contributed by atoms with Gasteiger partial charge in [-0.25, -0.2) is 9.97 Å². The Bertz CT molecular complexity index is 557. The van der Waals surface area contributed by atoms with Crippen molar-refractivity contribution in [1.29, 1.82) is 0 Å². The number of rotatable bonds is 5. The summed E-state index contributed by atoms with van der Waals surface area (Å²) in [4.78, 5) is 25.6. The maximum atomic E-state index is 12.4. The van der Waals surface area contributed by atoms with E-state index in [4.69, 9.17) is 0 Å². The SMILES string of the molecule is CCc1cc(C(=O)N(C)Cc2ncc[nH]2)cc(NC)n1. The molecule has 0 aliphatic carbocycles. The lowest BCUT2D eigenvalue weighted by molar-refractivity contribution is 0.0781. The van der Waals surface area contributed by atoms with Crippen LogP contribution in [-0.2, 0) is 13.0 Å². The van der Waals surface area contributed by atoms with Gasteiger partial charge in [0.15, 0.2) is 0 Å². The van der Waals surface area contributed by atoms with E-state index in [-0.39, 0.29) is 5.91 Å². The number of amides is 1. The summed E-state index contributed by atoms with van der Waals surface area (Å²) in [7, 11) is 3.55. The molecule has 2 N–H and O–H groups in total. The van der Waals surface area contributed by atoms with Gasteiger partial charge in [-0.2, -0.15) is 0 Å². The second-order valence-corrected chi connectivity index (χ2v) is 4.53. The predicted molar refractivity (Wildman–Crippen MR) is 77.5 cm³/mol. The molecule has 0 spiro atoms. The van der Waals surface area contributed by atoms with E-state index in [1.807, 2.05) is 13.0 Å². The van der Waals surface area contributed by atoms with Gasteiger partial charge in [-0.3, -0.25) is 4.79 Å². The number of nitrogens with one attached hydrogen (secondary N) is 2. The van der Waals surface area contributed by atoms with Crippen LogP contribution >= 0.6 is 0 Å². The van der Waals surface area contributed by atoms with E-state index in [1.165, 1.54) is 0 Å². The summed E-state index contributed by atoms with van der Waals surface area (Å²) in [5.74, 6) is 1.42.